The fourth-order valence-corrected chi connectivity index (χ4v) is 5.39. The van der Waals surface area contributed by atoms with E-state index in [4.69, 9.17) is 4.74 Å². The van der Waals surface area contributed by atoms with Crippen LogP contribution in [0, 0.1) is 11.3 Å². The van der Waals surface area contributed by atoms with E-state index in [-0.39, 0.29) is 22.9 Å². The maximum absolute atomic E-state index is 12.9. The van der Waals surface area contributed by atoms with Gasteiger partial charge < -0.3 is 24.5 Å². The second-order valence-corrected chi connectivity index (χ2v) is 10.6. The minimum Gasteiger partial charge on any atom is -0.483 e. The highest BCUT2D eigenvalue weighted by atomic mass is 19.4. The van der Waals surface area contributed by atoms with Gasteiger partial charge in [0.25, 0.3) is 0 Å². The number of ether oxygens (including phenoxy) is 2. The van der Waals surface area contributed by atoms with Crippen LogP contribution < -0.4 is 14.8 Å². The lowest BCUT2D eigenvalue weighted by Crippen LogP contribution is -2.29. The molecule has 0 amide bonds. The Morgan fingerprint density at radius 2 is 1.79 bits per heavy atom. The van der Waals surface area contributed by atoms with E-state index < -0.39 is 42.2 Å². The van der Waals surface area contributed by atoms with Crippen LogP contribution in [0.3, 0.4) is 0 Å². The van der Waals surface area contributed by atoms with Gasteiger partial charge in [0.1, 0.15) is 17.1 Å². The number of alkyl halides is 6. The average Bonchev–Trinajstić information content (AvgIpc) is 3.12. The normalized spacial score (nSPS) is 19.6. The summed E-state index contributed by atoms with van der Waals surface area (Å²) in [7, 11) is 0. The number of imidazole rings is 1. The Bertz CT molecular complexity index is 1350. The van der Waals surface area contributed by atoms with Crippen LogP contribution >= 0.6 is 0 Å². The maximum Gasteiger partial charge on any atom is 0.573 e. The number of fused-ring (bicyclic) bond motifs is 1. The van der Waals surface area contributed by atoms with E-state index in [2.05, 4.69) is 35.8 Å². The van der Waals surface area contributed by atoms with Crippen molar-refractivity contribution in [3.63, 3.8) is 0 Å². The zero-order valence-corrected chi connectivity index (χ0v) is 21.3. The second-order valence-electron chi connectivity index (χ2n) is 10.6. The van der Waals surface area contributed by atoms with E-state index in [9.17, 15) is 36.2 Å². The standard InChI is InChI=1S/C26H27F6N3O4/c1-14-8-16(12-24(2,3)11-14)35-20-10-21(38-13-25(27,28)29)18(22(36)37)9-19(20)34-23(35)33-15-4-6-17(7-5-15)39-26(30,31)32/h4-7,9-10,14,16H,8,11-13H2,1-3H3,(H,33,34)(H,36,37)/t14-,16?/m0/s1. The molecule has 0 radical (unpaired) electrons. The number of carboxylic acids is 1. The van der Waals surface area contributed by atoms with Gasteiger partial charge in [-0.1, -0.05) is 20.8 Å². The zero-order valence-electron chi connectivity index (χ0n) is 21.3. The lowest BCUT2D eigenvalue weighted by Gasteiger charge is -2.40. The third kappa shape index (κ3) is 7.07. The van der Waals surface area contributed by atoms with Crippen LogP contribution in [-0.4, -0.2) is 39.8 Å². The number of anilines is 2. The molecule has 3 aromatic rings. The summed E-state index contributed by atoms with van der Waals surface area (Å²) in [5.74, 6) is -1.78. The highest BCUT2D eigenvalue weighted by molar-refractivity contribution is 5.96. The van der Waals surface area contributed by atoms with Crippen molar-refractivity contribution in [2.75, 3.05) is 11.9 Å². The molecular weight excluding hydrogens is 532 g/mol. The summed E-state index contributed by atoms with van der Waals surface area (Å²) in [6.45, 7) is 4.65. The average molecular weight is 560 g/mol. The van der Waals surface area contributed by atoms with Crippen molar-refractivity contribution in [2.24, 2.45) is 11.3 Å². The number of nitrogens with zero attached hydrogens (tertiary/aromatic N) is 2. The number of carboxylic acid groups (broad SMARTS) is 1. The van der Waals surface area contributed by atoms with Gasteiger partial charge in [0, 0.05) is 17.8 Å². The number of halogens is 6. The van der Waals surface area contributed by atoms with Gasteiger partial charge in [0.15, 0.2) is 6.61 Å². The summed E-state index contributed by atoms with van der Waals surface area (Å²) >= 11 is 0. The molecular formula is C26H27F6N3O4. The Morgan fingerprint density at radius 1 is 1.13 bits per heavy atom. The molecule has 1 aromatic heterocycles. The number of hydrogen-bond acceptors (Lipinski definition) is 5. The van der Waals surface area contributed by atoms with Crippen LogP contribution in [0.1, 0.15) is 56.4 Å². The van der Waals surface area contributed by atoms with E-state index in [1.807, 2.05) is 0 Å². The van der Waals surface area contributed by atoms with Gasteiger partial charge in [0.2, 0.25) is 5.95 Å². The monoisotopic (exact) mass is 559 g/mol. The summed E-state index contributed by atoms with van der Waals surface area (Å²) < 4.78 is 86.8. The molecule has 39 heavy (non-hydrogen) atoms. The van der Waals surface area contributed by atoms with Crippen LogP contribution in [0.4, 0.5) is 38.0 Å². The Kier molecular flexibility index (Phi) is 7.39. The first-order valence-corrected chi connectivity index (χ1v) is 12.1. The van der Waals surface area contributed by atoms with Crippen LogP contribution in [0.2, 0.25) is 0 Å². The Balaban J connectivity index is 1.81. The molecule has 1 unspecified atom stereocenters. The molecule has 0 spiro atoms. The number of aromatic nitrogens is 2. The molecule has 1 heterocycles. The molecule has 0 bridgehead atoms. The number of carbonyl (C=O) groups is 1. The number of aromatic carboxylic acids is 1. The molecule has 212 valence electrons. The molecule has 13 heteroatoms. The van der Waals surface area contributed by atoms with E-state index in [0.717, 1.165) is 31.0 Å². The highest BCUT2D eigenvalue weighted by Crippen LogP contribution is 2.46. The van der Waals surface area contributed by atoms with Gasteiger partial charge in [0.05, 0.1) is 11.0 Å². The third-order valence-electron chi connectivity index (χ3n) is 6.49. The first-order chi connectivity index (χ1) is 18.0. The van der Waals surface area contributed by atoms with E-state index in [1.54, 1.807) is 4.57 Å². The largest absolute Gasteiger partial charge is 0.573 e. The Morgan fingerprint density at radius 3 is 2.36 bits per heavy atom. The Hall–Kier alpha value is -3.64. The van der Waals surface area contributed by atoms with Gasteiger partial charge in [-0.05, 0) is 60.9 Å². The van der Waals surface area contributed by atoms with Crippen molar-refractivity contribution in [2.45, 2.75) is 58.6 Å². The fraction of sp³-hybridized carbons (Fsp3) is 0.462. The molecule has 1 aliphatic carbocycles. The molecule has 4 rings (SSSR count). The van der Waals surface area contributed by atoms with Gasteiger partial charge in [-0.2, -0.15) is 13.2 Å². The van der Waals surface area contributed by atoms with Crippen LogP contribution in [0.25, 0.3) is 11.0 Å². The number of benzene rings is 2. The molecule has 7 nitrogen and oxygen atoms in total. The van der Waals surface area contributed by atoms with Crippen molar-refractivity contribution in [1.82, 2.24) is 9.55 Å². The molecule has 1 fully saturated rings. The first-order valence-electron chi connectivity index (χ1n) is 12.1. The summed E-state index contributed by atoms with van der Waals surface area (Å²) in [6.07, 6.45) is -7.14. The Labute approximate surface area is 219 Å². The number of rotatable bonds is 7. The maximum atomic E-state index is 12.9. The van der Waals surface area contributed by atoms with Gasteiger partial charge in [-0.3, -0.25) is 0 Å². The molecule has 1 aliphatic rings. The SMILES string of the molecule is C[C@H]1CC(n2c(Nc3ccc(OC(F)(F)F)cc3)nc3cc(C(=O)O)c(OCC(F)(F)F)cc32)CC(C)(C)C1. The number of hydrogen-bond donors (Lipinski definition) is 2. The van der Waals surface area contributed by atoms with Crippen molar-refractivity contribution in [3.8, 4) is 11.5 Å². The van der Waals surface area contributed by atoms with Gasteiger partial charge >= 0.3 is 18.5 Å². The van der Waals surface area contributed by atoms with Crippen molar-refractivity contribution in [3.05, 3.63) is 42.0 Å². The third-order valence-corrected chi connectivity index (χ3v) is 6.49. The van der Waals surface area contributed by atoms with Crippen LogP contribution in [0.15, 0.2) is 36.4 Å². The van der Waals surface area contributed by atoms with Crippen molar-refractivity contribution in [1.29, 1.82) is 0 Å². The molecule has 0 saturated heterocycles. The molecule has 2 N–H and O–H groups in total. The first kappa shape index (κ1) is 28.4. The minimum absolute atomic E-state index is 0.0661. The predicted molar refractivity (Wildman–Crippen MR) is 130 cm³/mol. The van der Waals surface area contributed by atoms with Crippen molar-refractivity contribution >= 4 is 28.6 Å². The van der Waals surface area contributed by atoms with E-state index in [0.29, 0.717) is 23.5 Å². The van der Waals surface area contributed by atoms with Crippen LogP contribution in [-0.2, 0) is 0 Å². The summed E-state index contributed by atoms with van der Waals surface area (Å²) in [5, 5.41) is 12.7. The number of nitrogens with one attached hydrogen (secondary N) is 1. The zero-order chi connectivity index (χ0) is 28.8. The minimum atomic E-state index is -4.85. The molecule has 2 aromatic carbocycles. The predicted octanol–water partition coefficient (Wildman–Crippen LogP) is 7.71. The summed E-state index contributed by atoms with van der Waals surface area (Å²) in [6, 6.07) is 7.21. The molecule has 0 aliphatic heterocycles. The molecule has 2 atom stereocenters. The van der Waals surface area contributed by atoms with Crippen molar-refractivity contribution < 1.29 is 45.7 Å². The van der Waals surface area contributed by atoms with E-state index >= 15 is 0 Å². The molecule has 1 saturated carbocycles. The highest BCUT2D eigenvalue weighted by Gasteiger charge is 2.36. The van der Waals surface area contributed by atoms with Gasteiger partial charge in [-0.15, -0.1) is 13.2 Å². The van der Waals surface area contributed by atoms with Crippen LogP contribution in [0.5, 0.6) is 11.5 Å². The quantitative estimate of drug-likeness (QED) is 0.289. The van der Waals surface area contributed by atoms with E-state index in [1.165, 1.54) is 18.2 Å². The smallest absolute Gasteiger partial charge is 0.483 e. The topological polar surface area (TPSA) is 85.6 Å². The lowest BCUT2D eigenvalue weighted by atomic mass is 9.70. The second kappa shape index (κ2) is 10.2. The lowest BCUT2D eigenvalue weighted by molar-refractivity contribution is -0.274. The fourth-order valence-electron chi connectivity index (χ4n) is 5.39. The summed E-state index contributed by atoms with van der Waals surface area (Å²) in [5.41, 5.74) is 0.405. The van der Waals surface area contributed by atoms with Gasteiger partial charge in [-0.25, -0.2) is 9.78 Å². The summed E-state index contributed by atoms with van der Waals surface area (Å²) in [4.78, 5) is 16.4.